The summed E-state index contributed by atoms with van der Waals surface area (Å²) >= 11 is 13.1. The Balaban J connectivity index is 1.58. The van der Waals surface area contributed by atoms with Crippen molar-refractivity contribution >= 4 is 46.6 Å². The van der Waals surface area contributed by atoms with Gasteiger partial charge in [-0.25, -0.2) is 4.98 Å². The first-order chi connectivity index (χ1) is 12.0. The molecule has 0 spiro atoms. The van der Waals surface area contributed by atoms with Gasteiger partial charge >= 0.3 is 0 Å². The lowest BCUT2D eigenvalue weighted by atomic mass is 10.1. The fourth-order valence-electron chi connectivity index (χ4n) is 2.06. The predicted molar refractivity (Wildman–Crippen MR) is 102 cm³/mol. The minimum absolute atomic E-state index is 0.171. The molecule has 1 amide bonds. The summed E-state index contributed by atoms with van der Waals surface area (Å²) < 4.78 is 0. The maximum Gasteiger partial charge on any atom is 0.234 e. The molecule has 1 heterocycles. The number of rotatable bonds is 5. The molecule has 0 unspecified atom stereocenters. The topological polar surface area (TPSA) is 70.7 Å². The summed E-state index contributed by atoms with van der Waals surface area (Å²) in [7, 11) is 0. The van der Waals surface area contributed by atoms with Gasteiger partial charge in [0.05, 0.1) is 16.5 Å². The molecule has 3 rings (SSSR count). The number of carbonyl (C=O) groups excluding carboxylic acids is 1. The molecular weight excluding hydrogens is 379 g/mol. The minimum atomic E-state index is -0.198. The first kappa shape index (κ1) is 17.8. The zero-order chi connectivity index (χ0) is 17.8. The summed E-state index contributed by atoms with van der Waals surface area (Å²) in [6.45, 7) is 2.02. The number of aromatic nitrogens is 3. The molecule has 5 nitrogen and oxygen atoms in total. The van der Waals surface area contributed by atoms with Gasteiger partial charge in [-0.05, 0) is 25.1 Å². The maximum absolute atomic E-state index is 12.0. The Kier molecular flexibility index (Phi) is 5.63. The maximum atomic E-state index is 12.0. The summed E-state index contributed by atoms with van der Waals surface area (Å²) in [6.07, 6.45) is 0. The summed E-state index contributed by atoms with van der Waals surface area (Å²) in [5, 5.41) is 11.2. The number of aryl methyl sites for hydroxylation is 1. The van der Waals surface area contributed by atoms with Gasteiger partial charge in [-0.1, -0.05) is 64.8 Å². The van der Waals surface area contributed by atoms with Gasteiger partial charge < -0.3 is 5.32 Å². The molecule has 2 N–H and O–H groups in total. The van der Waals surface area contributed by atoms with E-state index in [-0.39, 0.29) is 11.7 Å². The lowest BCUT2D eigenvalue weighted by Gasteiger charge is -2.06. The third-order valence-corrected chi connectivity index (χ3v) is 4.72. The van der Waals surface area contributed by atoms with Crippen LogP contribution in [0.5, 0.6) is 0 Å². The third kappa shape index (κ3) is 4.75. The highest BCUT2D eigenvalue weighted by Gasteiger charge is 2.10. The van der Waals surface area contributed by atoms with E-state index in [9.17, 15) is 4.79 Å². The molecule has 0 saturated heterocycles. The monoisotopic (exact) mass is 392 g/mol. The van der Waals surface area contributed by atoms with Crippen molar-refractivity contribution in [3.05, 3.63) is 58.1 Å². The largest absolute Gasteiger partial charge is 0.324 e. The number of anilines is 1. The van der Waals surface area contributed by atoms with Crippen molar-refractivity contribution in [3.8, 4) is 11.4 Å². The number of amides is 1. The minimum Gasteiger partial charge on any atom is -0.324 e. The van der Waals surface area contributed by atoms with Crippen molar-refractivity contribution in [1.82, 2.24) is 15.2 Å². The van der Waals surface area contributed by atoms with Gasteiger partial charge in [0.1, 0.15) is 0 Å². The van der Waals surface area contributed by atoms with Gasteiger partial charge in [0.15, 0.2) is 5.82 Å². The lowest BCUT2D eigenvalue weighted by molar-refractivity contribution is -0.113. The van der Waals surface area contributed by atoms with Crippen molar-refractivity contribution in [2.45, 2.75) is 12.1 Å². The van der Waals surface area contributed by atoms with Crippen LogP contribution in [0.1, 0.15) is 5.56 Å². The fraction of sp³-hybridized carbons (Fsp3) is 0.118. The van der Waals surface area contributed by atoms with E-state index in [1.54, 1.807) is 18.2 Å². The Bertz CT molecular complexity index is 896. The van der Waals surface area contributed by atoms with Crippen molar-refractivity contribution < 1.29 is 4.79 Å². The number of carbonyl (C=O) groups is 1. The van der Waals surface area contributed by atoms with E-state index in [1.807, 2.05) is 31.2 Å². The molecule has 0 bridgehead atoms. The van der Waals surface area contributed by atoms with Crippen LogP contribution in [0.15, 0.2) is 47.6 Å². The molecule has 0 aliphatic carbocycles. The van der Waals surface area contributed by atoms with Crippen molar-refractivity contribution in [2.24, 2.45) is 0 Å². The van der Waals surface area contributed by atoms with Crippen molar-refractivity contribution in [1.29, 1.82) is 0 Å². The highest BCUT2D eigenvalue weighted by Crippen LogP contribution is 2.26. The van der Waals surface area contributed by atoms with Crippen LogP contribution in [0.4, 0.5) is 5.69 Å². The van der Waals surface area contributed by atoms with E-state index in [4.69, 9.17) is 23.2 Å². The van der Waals surface area contributed by atoms with E-state index < -0.39 is 0 Å². The van der Waals surface area contributed by atoms with Crippen molar-refractivity contribution in [2.75, 3.05) is 11.1 Å². The molecule has 3 aromatic rings. The number of H-pyrrole nitrogens is 1. The van der Waals surface area contributed by atoms with Gasteiger partial charge in [-0.3, -0.25) is 9.89 Å². The van der Waals surface area contributed by atoms with Crippen LogP contribution in [0.2, 0.25) is 10.0 Å². The summed E-state index contributed by atoms with van der Waals surface area (Å²) in [5.74, 6) is 0.643. The molecule has 128 valence electrons. The van der Waals surface area contributed by atoms with Crippen LogP contribution in [0.3, 0.4) is 0 Å². The van der Waals surface area contributed by atoms with Gasteiger partial charge in [0, 0.05) is 10.6 Å². The zero-order valence-corrected chi connectivity index (χ0v) is 15.5. The molecule has 0 fully saturated rings. The van der Waals surface area contributed by atoms with Crippen LogP contribution < -0.4 is 5.32 Å². The van der Waals surface area contributed by atoms with Gasteiger partial charge in [-0.2, -0.15) is 0 Å². The highest BCUT2D eigenvalue weighted by molar-refractivity contribution is 7.99. The van der Waals surface area contributed by atoms with Gasteiger partial charge in [-0.15, -0.1) is 5.10 Å². The first-order valence-electron chi connectivity index (χ1n) is 7.38. The molecule has 0 atom stereocenters. The molecule has 1 aromatic heterocycles. The third-order valence-electron chi connectivity index (χ3n) is 3.33. The number of aromatic amines is 1. The Morgan fingerprint density at radius 1 is 1.20 bits per heavy atom. The van der Waals surface area contributed by atoms with E-state index in [0.29, 0.717) is 26.7 Å². The number of halogens is 2. The van der Waals surface area contributed by atoms with Crippen molar-refractivity contribution in [3.63, 3.8) is 0 Å². The molecular formula is C17H14Cl2N4OS. The Labute approximate surface area is 159 Å². The second-order valence-corrected chi connectivity index (χ2v) is 7.08. The van der Waals surface area contributed by atoms with Crippen LogP contribution in [-0.4, -0.2) is 26.8 Å². The van der Waals surface area contributed by atoms with Crippen LogP contribution >= 0.6 is 35.0 Å². The standard InChI is InChI=1S/C17H14Cl2N4OS/c1-10-2-4-11(5-3-10)16-21-17(23-22-16)25-9-15(24)20-14-7-6-12(18)8-13(14)19/h2-8H,9H2,1H3,(H,20,24)(H,21,22,23). The Morgan fingerprint density at radius 3 is 2.68 bits per heavy atom. The molecule has 8 heteroatoms. The van der Waals surface area contributed by atoms with E-state index in [0.717, 1.165) is 5.56 Å². The first-order valence-corrected chi connectivity index (χ1v) is 9.12. The van der Waals surface area contributed by atoms with E-state index in [2.05, 4.69) is 20.5 Å². The van der Waals surface area contributed by atoms with Crippen LogP contribution in [0, 0.1) is 6.92 Å². The fourth-order valence-corrected chi connectivity index (χ4v) is 3.11. The van der Waals surface area contributed by atoms with Gasteiger partial charge in [0.2, 0.25) is 11.1 Å². The molecule has 2 aromatic carbocycles. The summed E-state index contributed by atoms with van der Waals surface area (Å²) in [5.41, 5.74) is 2.64. The normalized spacial score (nSPS) is 10.7. The molecule has 0 radical (unpaired) electrons. The number of thioether (sulfide) groups is 1. The molecule has 25 heavy (non-hydrogen) atoms. The molecule has 0 aliphatic rings. The predicted octanol–water partition coefficient (Wildman–Crippen LogP) is 4.82. The summed E-state index contributed by atoms with van der Waals surface area (Å²) in [6, 6.07) is 12.9. The van der Waals surface area contributed by atoms with Crippen LogP contribution in [0.25, 0.3) is 11.4 Å². The Morgan fingerprint density at radius 2 is 1.96 bits per heavy atom. The number of benzene rings is 2. The lowest BCUT2D eigenvalue weighted by Crippen LogP contribution is -2.14. The molecule has 0 aliphatic heterocycles. The SMILES string of the molecule is Cc1ccc(-c2nc(SCC(=O)Nc3ccc(Cl)cc3Cl)n[nH]2)cc1. The van der Waals surface area contributed by atoms with Gasteiger partial charge in [0.25, 0.3) is 0 Å². The average molecular weight is 393 g/mol. The average Bonchev–Trinajstić information content (AvgIpc) is 3.05. The summed E-state index contributed by atoms with van der Waals surface area (Å²) in [4.78, 5) is 16.4. The van der Waals surface area contributed by atoms with E-state index in [1.165, 1.54) is 17.3 Å². The Hall–Kier alpha value is -2.02. The highest BCUT2D eigenvalue weighted by atomic mass is 35.5. The molecule has 0 saturated carbocycles. The number of nitrogens with zero attached hydrogens (tertiary/aromatic N) is 2. The number of hydrogen-bond donors (Lipinski definition) is 2. The number of hydrogen-bond acceptors (Lipinski definition) is 4. The van der Waals surface area contributed by atoms with E-state index >= 15 is 0 Å². The van der Waals surface area contributed by atoms with Crippen LogP contribution in [-0.2, 0) is 4.79 Å². The number of nitrogens with one attached hydrogen (secondary N) is 2. The smallest absolute Gasteiger partial charge is 0.234 e. The second kappa shape index (κ2) is 7.91. The zero-order valence-electron chi connectivity index (χ0n) is 13.2. The second-order valence-electron chi connectivity index (χ2n) is 5.29. The quantitative estimate of drug-likeness (QED) is 0.610.